The number of halogens is 5. The predicted octanol–water partition coefficient (Wildman–Crippen LogP) is 4.63. The SMILES string of the molecule is C#Cc1cc(-c2ccc(F)cc2F)cc(C(F)(F)F)c1. The number of alkyl halides is 3. The standard InChI is InChI=1S/C15H7F5/c1-2-9-5-10(7-11(6-9)15(18,19)20)13-4-3-12(16)8-14(13)17/h1,3-8H. The van der Waals surface area contributed by atoms with Gasteiger partial charge in [-0.2, -0.15) is 13.2 Å². The number of hydrogen-bond acceptors (Lipinski definition) is 0. The molecule has 0 heterocycles. The Balaban J connectivity index is 2.65. The highest BCUT2D eigenvalue weighted by molar-refractivity contribution is 5.67. The minimum Gasteiger partial charge on any atom is -0.207 e. The molecule has 0 saturated heterocycles. The number of rotatable bonds is 1. The average molecular weight is 282 g/mol. The third kappa shape index (κ3) is 2.80. The molecule has 0 bridgehead atoms. The van der Waals surface area contributed by atoms with Gasteiger partial charge in [0.1, 0.15) is 11.6 Å². The second-order valence-corrected chi connectivity index (χ2v) is 4.07. The van der Waals surface area contributed by atoms with Crippen LogP contribution in [-0.2, 0) is 6.18 Å². The van der Waals surface area contributed by atoms with Crippen LogP contribution in [0.2, 0.25) is 0 Å². The van der Waals surface area contributed by atoms with Gasteiger partial charge in [-0.1, -0.05) is 5.92 Å². The van der Waals surface area contributed by atoms with Gasteiger partial charge < -0.3 is 0 Å². The van der Waals surface area contributed by atoms with Crippen LogP contribution in [0.4, 0.5) is 22.0 Å². The van der Waals surface area contributed by atoms with Gasteiger partial charge in [0.25, 0.3) is 0 Å². The van der Waals surface area contributed by atoms with Crippen molar-refractivity contribution in [3.63, 3.8) is 0 Å². The zero-order valence-electron chi connectivity index (χ0n) is 9.93. The van der Waals surface area contributed by atoms with E-state index in [1.807, 2.05) is 0 Å². The summed E-state index contributed by atoms with van der Waals surface area (Å²) in [5, 5.41) is 0. The van der Waals surface area contributed by atoms with E-state index in [4.69, 9.17) is 6.42 Å². The Labute approximate surface area is 111 Å². The molecular weight excluding hydrogens is 275 g/mol. The van der Waals surface area contributed by atoms with Crippen molar-refractivity contribution in [2.24, 2.45) is 0 Å². The van der Waals surface area contributed by atoms with Crippen LogP contribution in [0.15, 0.2) is 36.4 Å². The van der Waals surface area contributed by atoms with Crippen molar-refractivity contribution in [1.29, 1.82) is 0 Å². The first-order chi connectivity index (χ1) is 9.31. The highest BCUT2D eigenvalue weighted by Crippen LogP contribution is 2.34. The van der Waals surface area contributed by atoms with E-state index in [-0.39, 0.29) is 16.7 Å². The molecule has 0 aliphatic rings. The van der Waals surface area contributed by atoms with E-state index >= 15 is 0 Å². The molecule has 0 fully saturated rings. The maximum absolute atomic E-state index is 13.6. The fourth-order valence-corrected chi connectivity index (χ4v) is 1.75. The molecular formula is C15H7F5. The summed E-state index contributed by atoms with van der Waals surface area (Å²) < 4.78 is 64.7. The van der Waals surface area contributed by atoms with Crippen LogP contribution in [0.25, 0.3) is 11.1 Å². The maximum atomic E-state index is 13.6. The van der Waals surface area contributed by atoms with Gasteiger partial charge in [0, 0.05) is 17.2 Å². The zero-order valence-corrected chi connectivity index (χ0v) is 9.93. The number of benzene rings is 2. The summed E-state index contributed by atoms with van der Waals surface area (Å²) in [6.45, 7) is 0. The molecule has 5 heteroatoms. The number of hydrogen-bond donors (Lipinski definition) is 0. The van der Waals surface area contributed by atoms with Crippen LogP contribution in [-0.4, -0.2) is 0 Å². The first kappa shape index (κ1) is 14.1. The molecule has 0 unspecified atom stereocenters. The lowest BCUT2D eigenvalue weighted by Gasteiger charge is -2.11. The van der Waals surface area contributed by atoms with E-state index in [1.165, 1.54) is 6.07 Å². The Kier molecular flexibility index (Phi) is 3.49. The molecule has 0 aliphatic carbocycles. The van der Waals surface area contributed by atoms with E-state index in [0.29, 0.717) is 6.07 Å². The molecule has 102 valence electrons. The second kappa shape index (κ2) is 4.97. The van der Waals surface area contributed by atoms with Gasteiger partial charge in [-0.25, -0.2) is 8.78 Å². The van der Waals surface area contributed by atoms with Crippen molar-refractivity contribution in [2.75, 3.05) is 0 Å². The normalized spacial score (nSPS) is 11.2. The van der Waals surface area contributed by atoms with Crippen LogP contribution in [0.5, 0.6) is 0 Å². The Morgan fingerprint density at radius 2 is 1.65 bits per heavy atom. The van der Waals surface area contributed by atoms with E-state index < -0.39 is 23.4 Å². The van der Waals surface area contributed by atoms with Gasteiger partial charge >= 0.3 is 6.18 Å². The molecule has 0 radical (unpaired) electrons. The van der Waals surface area contributed by atoms with Crippen molar-refractivity contribution in [3.05, 3.63) is 59.2 Å². The van der Waals surface area contributed by atoms with Crippen LogP contribution in [0, 0.1) is 24.0 Å². The molecule has 0 atom stereocenters. The van der Waals surface area contributed by atoms with E-state index in [2.05, 4.69) is 5.92 Å². The van der Waals surface area contributed by atoms with E-state index in [1.54, 1.807) is 0 Å². The largest absolute Gasteiger partial charge is 0.416 e. The lowest BCUT2D eigenvalue weighted by Crippen LogP contribution is -2.05. The highest BCUT2D eigenvalue weighted by Gasteiger charge is 2.31. The first-order valence-electron chi connectivity index (χ1n) is 5.45. The minimum absolute atomic E-state index is 0.0291. The Bertz CT molecular complexity index is 692. The molecule has 20 heavy (non-hydrogen) atoms. The molecule has 0 saturated carbocycles. The highest BCUT2D eigenvalue weighted by atomic mass is 19.4. The van der Waals surface area contributed by atoms with Gasteiger partial charge in [0.15, 0.2) is 0 Å². The van der Waals surface area contributed by atoms with Crippen LogP contribution in [0.1, 0.15) is 11.1 Å². The van der Waals surface area contributed by atoms with Crippen molar-refractivity contribution in [3.8, 4) is 23.5 Å². The average Bonchev–Trinajstić information content (AvgIpc) is 2.37. The maximum Gasteiger partial charge on any atom is 0.416 e. The summed E-state index contributed by atoms with van der Waals surface area (Å²) >= 11 is 0. The van der Waals surface area contributed by atoms with Crippen molar-refractivity contribution >= 4 is 0 Å². The zero-order chi connectivity index (χ0) is 14.9. The summed E-state index contributed by atoms with van der Waals surface area (Å²) in [5.74, 6) is 0.323. The van der Waals surface area contributed by atoms with Gasteiger partial charge in [0.2, 0.25) is 0 Å². The summed E-state index contributed by atoms with van der Waals surface area (Å²) in [7, 11) is 0. The summed E-state index contributed by atoms with van der Waals surface area (Å²) in [6, 6.07) is 5.45. The third-order valence-corrected chi connectivity index (χ3v) is 2.67. The fraction of sp³-hybridized carbons (Fsp3) is 0.0667. The summed E-state index contributed by atoms with van der Waals surface area (Å²) in [6.07, 6.45) is 0.501. The lowest BCUT2D eigenvalue weighted by molar-refractivity contribution is -0.137. The fourth-order valence-electron chi connectivity index (χ4n) is 1.75. The van der Waals surface area contributed by atoms with Crippen LogP contribution >= 0.6 is 0 Å². The topological polar surface area (TPSA) is 0 Å². The quantitative estimate of drug-likeness (QED) is 0.528. The van der Waals surface area contributed by atoms with Crippen LogP contribution < -0.4 is 0 Å². The molecule has 2 rings (SSSR count). The minimum atomic E-state index is -4.60. The second-order valence-electron chi connectivity index (χ2n) is 4.07. The monoisotopic (exact) mass is 282 g/mol. The summed E-state index contributed by atoms with van der Waals surface area (Å²) in [5.41, 5.74) is -1.20. The van der Waals surface area contributed by atoms with Crippen molar-refractivity contribution < 1.29 is 22.0 Å². The van der Waals surface area contributed by atoms with Gasteiger partial charge in [-0.05, 0) is 35.9 Å². The Hall–Kier alpha value is -2.35. The Morgan fingerprint density at radius 1 is 0.950 bits per heavy atom. The molecule has 2 aromatic carbocycles. The lowest BCUT2D eigenvalue weighted by atomic mass is 9.99. The number of terminal acetylenes is 1. The first-order valence-corrected chi connectivity index (χ1v) is 5.45. The smallest absolute Gasteiger partial charge is 0.207 e. The molecule has 0 N–H and O–H groups in total. The van der Waals surface area contributed by atoms with E-state index in [0.717, 1.165) is 24.3 Å². The third-order valence-electron chi connectivity index (χ3n) is 2.67. The van der Waals surface area contributed by atoms with Gasteiger partial charge in [0.05, 0.1) is 5.56 Å². The molecule has 0 aliphatic heterocycles. The molecule has 0 spiro atoms. The van der Waals surface area contributed by atoms with Gasteiger partial charge in [-0.3, -0.25) is 0 Å². The van der Waals surface area contributed by atoms with Crippen molar-refractivity contribution in [1.82, 2.24) is 0 Å². The van der Waals surface area contributed by atoms with E-state index in [9.17, 15) is 22.0 Å². The molecule has 2 aromatic rings. The molecule has 0 aromatic heterocycles. The molecule has 0 nitrogen and oxygen atoms in total. The van der Waals surface area contributed by atoms with Crippen LogP contribution in [0.3, 0.4) is 0 Å². The van der Waals surface area contributed by atoms with Gasteiger partial charge in [-0.15, -0.1) is 6.42 Å². The van der Waals surface area contributed by atoms with Crippen molar-refractivity contribution in [2.45, 2.75) is 6.18 Å². The molecule has 0 amide bonds. The Morgan fingerprint density at radius 3 is 2.20 bits per heavy atom. The predicted molar refractivity (Wildman–Crippen MR) is 64.7 cm³/mol. The summed E-state index contributed by atoms with van der Waals surface area (Å²) in [4.78, 5) is 0.